The van der Waals surface area contributed by atoms with Crippen LogP contribution in [0.2, 0.25) is 0 Å². The van der Waals surface area contributed by atoms with E-state index in [0.717, 1.165) is 38.3 Å². The van der Waals surface area contributed by atoms with Crippen LogP contribution in [-0.4, -0.2) is 42.5 Å². The average molecular weight is 286 g/mol. The first-order valence-electron chi connectivity index (χ1n) is 7.74. The summed E-state index contributed by atoms with van der Waals surface area (Å²) in [5.41, 5.74) is 0. The van der Waals surface area contributed by atoms with Gasteiger partial charge in [-0.1, -0.05) is 6.42 Å². The van der Waals surface area contributed by atoms with Crippen molar-refractivity contribution in [2.75, 3.05) is 25.6 Å². The van der Waals surface area contributed by atoms with Crippen LogP contribution in [0.15, 0.2) is 0 Å². The summed E-state index contributed by atoms with van der Waals surface area (Å²) in [6.07, 6.45) is 7.38. The molecule has 3 rings (SSSR count). The molecule has 2 saturated carbocycles. The van der Waals surface area contributed by atoms with Gasteiger partial charge in [-0.25, -0.2) is 0 Å². The molecule has 108 valence electrons. The quantitative estimate of drug-likeness (QED) is 0.743. The van der Waals surface area contributed by atoms with Crippen molar-refractivity contribution in [3.63, 3.8) is 0 Å². The molecular formula is C15H24ClNO2. The van der Waals surface area contributed by atoms with Gasteiger partial charge in [0.1, 0.15) is 0 Å². The molecule has 1 aliphatic heterocycles. The summed E-state index contributed by atoms with van der Waals surface area (Å²) in [6, 6.07) is 0. The zero-order chi connectivity index (χ0) is 13.2. The second-order valence-corrected chi connectivity index (χ2v) is 6.74. The minimum atomic E-state index is 0.308. The maximum absolute atomic E-state index is 12.6. The molecule has 0 spiro atoms. The highest BCUT2D eigenvalue weighted by Gasteiger charge is 2.44. The second kappa shape index (κ2) is 6.01. The van der Waals surface area contributed by atoms with Crippen LogP contribution in [0.5, 0.6) is 0 Å². The van der Waals surface area contributed by atoms with Crippen LogP contribution < -0.4 is 0 Å². The summed E-state index contributed by atoms with van der Waals surface area (Å²) in [7, 11) is 0. The monoisotopic (exact) mass is 285 g/mol. The molecule has 19 heavy (non-hydrogen) atoms. The molecule has 0 aromatic heterocycles. The number of carbonyl (C=O) groups is 1. The number of amides is 1. The third kappa shape index (κ3) is 2.92. The van der Waals surface area contributed by atoms with Gasteiger partial charge in [-0.3, -0.25) is 4.79 Å². The number of likely N-dealkylation sites (tertiary alicyclic amines) is 1. The Morgan fingerprint density at radius 3 is 2.53 bits per heavy atom. The molecule has 0 aromatic carbocycles. The number of carbonyl (C=O) groups excluding carboxylic acids is 1. The Kier molecular flexibility index (Phi) is 4.33. The highest BCUT2D eigenvalue weighted by atomic mass is 35.5. The molecule has 3 nitrogen and oxygen atoms in total. The van der Waals surface area contributed by atoms with E-state index in [-0.39, 0.29) is 0 Å². The highest BCUT2D eigenvalue weighted by molar-refractivity contribution is 6.17. The van der Waals surface area contributed by atoms with Crippen molar-refractivity contribution < 1.29 is 9.53 Å². The van der Waals surface area contributed by atoms with Crippen molar-refractivity contribution in [1.82, 2.24) is 4.90 Å². The lowest BCUT2D eigenvalue weighted by Gasteiger charge is -2.35. The minimum Gasteiger partial charge on any atom is -0.377 e. The lowest BCUT2D eigenvalue weighted by atomic mass is 9.87. The summed E-state index contributed by atoms with van der Waals surface area (Å²) in [5, 5.41) is 0. The number of alkyl halides is 1. The Hall–Kier alpha value is -0.280. The van der Waals surface area contributed by atoms with Crippen LogP contribution in [0.25, 0.3) is 0 Å². The van der Waals surface area contributed by atoms with Crippen LogP contribution in [0.4, 0.5) is 0 Å². The fourth-order valence-electron chi connectivity index (χ4n) is 4.24. The van der Waals surface area contributed by atoms with Gasteiger partial charge >= 0.3 is 0 Å². The summed E-state index contributed by atoms with van der Waals surface area (Å²) >= 11 is 5.63. The van der Waals surface area contributed by atoms with Crippen LogP contribution in [-0.2, 0) is 9.53 Å². The van der Waals surface area contributed by atoms with Gasteiger partial charge in [-0.15, -0.1) is 11.6 Å². The van der Waals surface area contributed by atoms with Crippen LogP contribution >= 0.6 is 11.6 Å². The standard InChI is InChI=1S/C15H24ClNO2/c16-5-8-19-13-3-6-17(7-4-13)15(18)14-10-11-1-2-12(14)9-11/h11-14H,1-10H2. The summed E-state index contributed by atoms with van der Waals surface area (Å²) in [4.78, 5) is 14.7. The molecule has 0 aromatic rings. The van der Waals surface area contributed by atoms with E-state index in [1.807, 2.05) is 0 Å². The molecule has 1 heterocycles. The molecule has 3 fully saturated rings. The Labute approximate surface area is 120 Å². The van der Waals surface area contributed by atoms with Gasteiger partial charge in [0.2, 0.25) is 5.91 Å². The molecule has 0 N–H and O–H groups in total. The maximum atomic E-state index is 12.6. The first-order valence-corrected chi connectivity index (χ1v) is 8.27. The minimum absolute atomic E-state index is 0.308. The van der Waals surface area contributed by atoms with E-state index in [4.69, 9.17) is 16.3 Å². The lowest BCUT2D eigenvalue weighted by molar-refractivity contribution is -0.139. The molecule has 1 amide bonds. The molecule has 0 radical (unpaired) electrons. The molecule has 3 atom stereocenters. The van der Waals surface area contributed by atoms with E-state index in [1.54, 1.807) is 0 Å². The fourth-order valence-corrected chi connectivity index (χ4v) is 4.32. The number of fused-ring (bicyclic) bond motifs is 2. The zero-order valence-electron chi connectivity index (χ0n) is 11.5. The van der Waals surface area contributed by atoms with Crippen LogP contribution in [0.1, 0.15) is 38.5 Å². The Bertz CT molecular complexity index is 328. The van der Waals surface area contributed by atoms with Gasteiger partial charge in [0.25, 0.3) is 0 Å². The first-order chi connectivity index (χ1) is 9.28. The average Bonchev–Trinajstić information content (AvgIpc) is 3.07. The Morgan fingerprint density at radius 2 is 1.95 bits per heavy atom. The van der Waals surface area contributed by atoms with E-state index < -0.39 is 0 Å². The molecule has 2 bridgehead atoms. The van der Waals surface area contributed by atoms with Crippen LogP contribution in [0.3, 0.4) is 0 Å². The van der Waals surface area contributed by atoms with Gasteiger partial charge in [-0.05, 0) is 43.9 Å². The number of halogens is 1. The molecule has 3 unspecified atom stereocenters. The van der Waals surface area contributed by atoms with Crippen molar-refractivity contribution in [3.8, 4) is 0 Å². The summed E-state index contributed by atoms with van der Waals surface area (Å²) < 4.78 is 5.67. The van der Waals surface area contributed by atoms with Gasteiger partial charge in [0.05, 0.1) is 12.7 Å². The smallest absolute Gasteiger partial charge is 0.225 e. The highest BCUT2D eigenvalue weighted by Crippen LogP contribution is 2.49. The summed E-state index contributed by atoms with van der Waals surface area (Å²) in [6.45, 7) is 2.38. The maximum Gasteiger partial charge on any atom is 0.225 e. The number of rotatable bonds is 4. The molecule has 4 heteroatoms. The van der Waals surface area contributed by atoms with E-state index in [2.05, 4.69) is 4.90 Å². The van der Waals surface area contributed by atoms with Crippen molar-refractivity contribution in [3.05, 3.63) is 0 Å². The fraction of sp³-hybridized carbons (Fsp3) is 0.933. The zero-order valence-corrected chi connectivity index (χ0v) is 12.3. The summed E-state index contributed by atoms with van der Waals surface area (Å²) in [5.74, 6) is 2.89. The van der Waals surface area contributed by atoms with Crippen molar-refractivity contribution in [1.29, 1.82) is 0 Å². The second-order valence-electron chi connectivity index (χ2n) is 6.37. The van der Waals surface area contributed by atoms with Crippen LogP contribution in [0, 0.1) is 17.8 Å². The van der Waals surface area contributed by atoms with Gasteiger partial charge in [0.15, 0.2) is 0 Å². The number of hydrogen-bond donors (Lipinski definition) is 0. The molecule has 1 saturated heterocycles. The number of ether oxygens (including phenoxy) is 1. The molecule has 2 aliphatic carbocycles. The lowest BCUT2D eigenvalue weighted by Crippen LogP contribution is -2.44. The van der Waals surface area contributed by atoms with Gasteiger partial charge < -0.3 is 9.64 Å². The first kappa shape index (κ1) is 13.7. The topological polar surface area (TPSA) is 29.5 Å². The van der Waals surface area contributed by atoms with Crippen molar-refractivity contribution in [2.45, 2.75) is 44.6 Å². The van der Waals surface area contributed by atoms with Gasteiger partial charge in [0, 0.05) is 24.9 Å². The third-order valence-electron chi connectivity index (χ3n) is 5.24. The SMILES string of the molecule is O=C(C1CC2CCC1C2)N1CCC(OCCCl)CC1. The van der Waals surface area contributed by atoms with Crippen molar-refractivity contribution >= 4 is 17.5 Å². The van der Waals surface area contributed by atoms with E-state index in [0.29, 0.717) is 36.3 Å². The van der Waals surface area contributed by atoms with E-state index >= 15 is 0 Å². The van der Waals surface area contributed by atoms with Gasteiger partial charge in [-0.2, -0.15) is 0 Å². The van der Waals surface area contributed by atoms with E-state index in [1.165, 1.54) is 19.3 Å². The number of nitrogens with zero attached hydrogens (tertiary/aromatic N) is 1. The third-order valence-corrected chi connectivity index (χ3v) is 5.39. The predicted octanol–water partition coefficient (Wildman–Crippen LogP) is 2.67. The largest absolute Gasteiger partial charge is 0.377 e. The Balaban J connectivity index is 1.47. The van der Waals surface area contributed by atoms with E-state index in [9.17, 15) is 4.79 Å². The molecule has 3 aliphatic rings. The number of piperidine rings is 1. The number of hydrogen-bond acceptors (Lipinski definition) is 2. The van der Waals surface area contributed by atoms with Crippen molar-refractivity contribution in [2.24, 2.45) is 17.8 Å². The molecular weight excluding hydrogens is 262 g/mol. The predicted molar refractivity (Wildman–Crippen MR) is 75.2 cm³/mol. The Morgan fingerprint density at radius 1 is 1.16 bits per heavy atom. The normalized spacial score (nSPS) is 35.0.